The molecular formula is C22H22N2O4S. The van der Waals surface area contributed by atoms with Crippen LogP contribution < -0.4 is 10.1 Å². The second-order valence-corrected chi connectivity index (χ2v) is 7.55. The van der Waals surface area contributed by atoms with E-state index in [9.17, 15) is 14.4 Å². The number of nitrogens with zero attached hydrogens (tertiary/aromatic N) is 1. The van der Waals surface area contributed by atoms with Crippen LogP contribution in [0.1, 0.15) is 35.3 Å². The van der Waals surface area contributed by atoms with Crippen molar-refractivity contribution >= 4 is 34.5 Å². The first-order valence-electron chi connectivity index (χ1n) is 9.34. The highest BCUT2D eigenvalue weighted by atomic mass is 32.2. The molecule has 0 fully saturated rings. The van der Waals surface area contributed by atoms with Crippen molar-refractivity contribution in [3.63, 3.8) is 0 Å². The predicted molar refractivity (Wildman–Crippen MR) is 113 cm³/mol. The van der Waals surface area contributed by atoms with Crippen LogP contribution in [0.2, 0.25) is 0 Å². The minimum absolute atomic E-state index is 0.0914. The van der Waals surface area contributed by atoms with Crippen LogP contribution >= 0.6 is 11.8 Å². The van der Waals surface area contributed by atoms with Gasteiger partial charge in [0.1, 0.15) is 11.7 Å². The Kier molecular flexibility index (Phi) is 6.82. The molecule has 0 aliphatic carbocycles. The molecule has 2 aromatic carbocycles. The Morgan fingerprint density at radius 1 is 1.17 bits per heavy atom. The number of ether oxygens (including phenoxy) is 1. The smallest absolute Gasteiger partial charge is 0.261 e. The van der Waals surface area contributed by atoms with Crippen molar-refractivity contribution < 1.29 is 19.1 Å². The third kappa shape index (κ3) is 5.32. The monoisotopic (exact) mass is 410 g/mol. The molecule has 0 bridgehead atoms. The van der Waals surface area contributed by atoms with Gasteiger partial charge in [0, 0.05) is 11.3 Å². The number of hydrogen-bond donors (Lipinski definition) is 1. The zero-order valence-corrected chi connectivity index (χ0v) is 17.1. The number of carbonyl (C=O) groups is 3. The number of aliphatic imine (C=N–C) groups is 1. The number of Topliss-reactive ketones (excluding diaryl/α,β-unsaturated/α-hetero) is 1. The Labute approximate surface area is 173 Å². The molecule has 1 aliphatic rings. The Morgan fingerprint density at radius 2 is 1.93 bits per heavy atom. The average Bonchev–Trinajstić information content (AvgIpc) is 2.71. The van der Waals surface area contributed by atoms with Crippen molar-refractivity contribution in [1.82, 2.24) is 5.32 Å². The van der Waals surface area contributed by atoms with Gasteiger partial charge >= 0.3 is 0 Å². The summed E-state index contributed by atoms with van der Waals surface area (Å²) in [5, 5.41) is 3.03. The van der Waals surface area contributed by atoms with Gasteiger partial charge in [0.05, 0.1) is 6.61 Å². The number of amidine groups is 1. The van der Waals surface area contributed by atoms with Gasteiger partial charge in [-0.05, 0) is 49.6 Å². The number of thioether (sulfide) groups is 1. The van der Waals surface area contributed by atoms with Crippen molar-refractivity contribution in [2.24, 2.45) is 10.9 Å². The van der Waals surface area contributed by atoms with Gasteiger partial charge in [0.25, 0.3) is 5.91 Å². The third-order valence-electron chi connectivity index (χ3n) is 4.47. The van der Waals surface area contributed by atoms with Gasteiger partial charge in [0.15, 0.2) is 11.0 Å². The first kappa shape index (κ1) is 20.8. The summed E-state index contributed by atoms with van der Waals surface area (Å²) < 4.78 is 5.60. The Bertz CT molecular complexity index is 957. The van der Waals surface area contributed by atoms with Gasteiger partial charge in [-0.3, -0.25) is 14.4 Å². The molecular weight excluding hydrogens is 388 g/mol. The number of amides is 2. The summed E-state index contributed by atoms with van der Waals surface area (Å²) in [7, 11) is 0. The molecule has 7 heteroatoms. The van der Waals surface area contributed by atoms with E-state index in [1.165, 1.54) is 18.7 Å². The summed E-state index contributed by atoms with van der Waals surface area (Å²) in [4.78, 5) is 40.9. The van der Waals surface area contributed by atoms with Gasteiger partial charge < -0.3 is 10.1 Å². The summed E-state index contributed by atoms with van der Waals surface area (Å²) in [6.07, 6.45) is 0.126. The molecule has 0 saturated carbocycles. The molecule has 150 valence electrons. The summed E-state index contributed by atoms with van der Waals surface area (Å²) >= 11 is 1.31. The number of nitrogens with one attached hydrogen (secondary N) is 1. The standard InChI is InChI=1S/C22H22N2O4S/c1-3-28-19-10-9-16(14(2)25)11-17(19)12-18-20(26)23-22(24-21(18)27)29-13-15-7-5-4-6-8-15/h4-11,18H,3,12-13H2,1-2H3,(H,23,24,26,27). The van der Waals surface area contributed by atoms with Crippen LogP contribution in [0.15, 0.2) is 53.5 Å². The first-order valence-corrected chi connectivity index (χ1v) is 10.3. The van der Waals surface area contributed by atoms with Gasteiger partial charge in [-0.1, -0.05) is 42.1 Å². The molecule has 0 radical (unpaired) electrons. The van der Waals surface area contributed by atoms with Gasteiger partial charge in [0.2, 0.25) is 5.91 Å². The van der Waals surface area contributed by atoms with Crippen LogP contribution in [0.3, 0.4) is 0 Å². The molecule has 1 atom stereocenters. The van der Waals surface area contributed by atoms with E-state index in [2.05, 4.69) is 10.3 Å². The van der Waals surface area contributed by atoms with Gasteiger partial charge in [-0.2, -0.15) is 4.99 Å². The average molecular weight is 410 g/mol. The van der Waals surface area contributed by atoms with E-state index in [0.717, 1.165) is 5.56 Å². The van der Waals surface area contributed by atoms with Crippen molar-refractivity contribution in [2.45, 2.75) is 26.0 Å². The molecule has 1 unspecified atom stereocenters. The summed E-state index contributed by atoms with van der Waals surface area (Å²) in [6, 6.07) is 14.8. The highest BCUT2D eigenvalue weighted by Gasteiger charge is 2.33. The van der Waals surface area contributed by atoms with E-state index in [0.29, 0.717) is 34.4 Å². The fraction of sp³-hybridized carbons (Fsp3) is 0.273. The fourth-order valence-electron chi connectivity index (χ4n) is 2.96. The highest BCUT2D eigenvalue weighted by Crippen LogP contribution is 2.26. The minimum atomic E-state index is -0.947. The predicted octanol–water partition coefficient (Wildman–Crippen LogP) is 3.39. The normalized spacial score (nSPS) is 16.2. The zero-order chi connectivity index (χ0) is 20.8. The number of hydrogen-bond acceptors (Lipinski definition) is 5. The molecule has 0 saturated heterocycles. The van der Waals surface area contributed by atoms with Gasteiger partial charge in [-0.25, -0.2) is 0 Å². The van der Waals surface area contributed by atoms with E-state index >= 15 is 0 Å². The van der Waals surface area contributed by atoms with Crippen LogP contribution in [0.4, 0.5) is 0 Å². The Hall–Kier alpha value is -2.93. The molecule has 1 aliphatic heterocycles. The summed E-state index contributed by atoms with van der Waals surface area (Å²) in [6.45, 7) is 3.76. The molecule has 0 spiro atoms. The summed E-state index contributed by atoms with van der Waals surface area (Å²) in [5.41, 5.74) is 2.23. The lowest BCUT2D eigenvalue weighted by Crippen LogP contribution is -2.43. The van der Waals surface area contributed by atoms with Crippen LogP contribution in [0.25, 0.3) is 0 Å². The maximum absolute atomic E-state index is 12.6. The number of carbonyl (C=O) groups excluding carboxylic acids is 3. The van der Waals surface area contributed by atoms with Gasteiger partial charge in [-0.15, -0.1) is 0 Å². The summed E-state index contributed by atoms with van der Waals surface area (Å²) in [5.74, 6) is -0.751. The lowest BCUT2D eigenvalue weighted by Gasteiger charge is -2.21. The second-order valence-electron chi connectivity index (χ2n) is 6.59. The minimum Gasteiger partial charge on any atom is -0.494 e. The lowest BCUT2D eigenvalue weighted by molar-refractivity contribution is -0.133. The highest BCUT2D eigenvalue weighted by molar-refractivity contribution is 8.13. The molecule has 3 rings (SSSR count). The van der Waals surface area contributed by atoms with E-state index < -0.39 is 17.7 Å². The first-order chi connectivity index (χ1) is 14.0. The lowest BCUT2D eigenvalue weighted by atomic mass is 9.94. The zero-order valence-electron chi connectivity index (χ0n) is 16.3. The maximum atomic E-state index is 12.6. The molecule has 29 heavy (non-hydrogen) atoms. The van der Waals surface area contributed by atoms with Crippen LogP contribution in [0, 0.1) is 5.92 Å². The largest absolute Gasteiger partial charge is 0.494 e. The number of benzene rings is 2. The van der Waals surface area contributed by atoms with Crippen LogP contribution in [-0.2, 0) is 21.8 Å². The third-order valence-corrected chi connectivity index (χ3v) is 5.41. The number of ketones is 1. The van der Waals surface area contributed by atoms with Crippen LogP contribution in [-0.4, -0.2) is 29.4 Å². The topological polar surface area (TPSA) is 84.8 Å². The number of rotatable bonds is 7. The van der Waals surface area contributed by atoms with E-state index in [1.807, 2.05) is 37.3 Å². The molecule has 1 N–H and O–H groups in total. The van der Waals surface area contributed by atoms with Crippen molar-refractivity contribution in [1.29, 1.82) is 0 Å². The second kappa shape index (κ2) is 9.52. The van der Waals surface area contributed by atoms with E-state index in [4.69, 9.17) is 4.74 Å². The molecule has 2 amide bonds. The molecule has 6 nitrogen and oxygen atoms in total. The molecule has 2 aromatic rings. The van der Waals surface area contributed by atoms with Crippen molar-refractivity contribution in [3.05, 3.63) is 65.2 Å². The quantitative estimate of drug-likeness (QED) is 0.559. The molecule has 0 aromatic heterocycles. The van der Waals surface area contributed by atoms with Crippen molar-refractivity contribution in [2.75, 3.05) is 6.61 Å². The maximum Gasteiger partial charge on any atom is 0.261 e. The van der Waals surface area contributed by atoms with E-state index in [1.54, 1.807) is 18.2 Å². The van der Waals surface area contributed by atoms with E-state index in [-0.39, 0.29) is 12.2 Å². The molecule has 1 heterocycles. The fourth-order valence-corrected chi connectivity index (χ4v) is 3.78. The Morgan fingerprint density at radius 3 is 2.59 bits per heavy atom. The SMILES string of the molecule is CCOc1ccc(C(C)=O)cc1CC1C(=O)N=C(SCc2ccccc2)NC1=O. The Balaban J connectivity index is 1.74. The van der Waals surface area contributed by atoms with Crippen LogP contribution in [0.5, 0.6) is 5.75 Å². The van der Waals surface area contributed by atoms with Crippen molar-refractivity contribution in [3.8, 4) is 5.75 Å².